The van der Waals surface area contributed by atoms with Gasteiger partial charge in [-0.1, -0.05) is 0 Å². The van der Waals surface area contributed by atoms with Gasteiger partial charge in [-0.25, -0.2) is 4.79 Å². The fourth-order valence-corrected chi connectivity index (χ4v) is 1.78. The highest BCUT2D eigenvalue weighted by Crippen LogP contribution is 2.18. The number of hydrogen-bond donors (Lipinski definition) is 1. The molecule has 0 aromatic carbocycles. The minimum absolute atomic E-state index is 0.0228. The second-order valence-corrected chi connectivity index (χ2v) is 4.04. The van der Waals surface area contributed by atoms with E-state index in [0.717, 1.165) is 11.3 Å². The number of halogens is 3. The van der Waals surface area contributed by atoms with Gasteiger partial charge in [0, 0.05) is 0 Å². The van der Waals surface area contributed by atoms with E-state index in [1.54, 1.807) is 5.32 Å². The standard InChI is InChI=1S/C9H8F3NO3S/c1-16-8(15)6-3-2-5(17-6)7(14)13-4-9(10,11)12/h2-3H,4H2,1H3,(H,13,14). The Balaban J connectivity index is 2.64. The van der Waals surface area contributed by atoms with E-state index in [4.69, 9.17) is 0 Å². The second-order valence-electron chi connectivity index (χ2n) is 2.95. The number of carbonyl (C=O) groups excluding carboxylic acids is 2. The van der Waals surface area contributed by atoms with Crippen molar-refractivity contribution in [3.8, 4) is 0 Å². The first-order valence-corrected chi connectivity index (χ1v) is 5.18. The Labute approximate surface area is 98.4 Å². The average molecular weight is 267 g/mol. The number of amides is 1. The molecule has 1 rings (SSSR count). The Bertz CT molecular complexity index is 427. The largest absolute Gasteiger partial charge is 0.465 e. The van der Waals surface area contributed by atoms with Gasteiger partial charge in [-0.05, 0) is 12.1 Å². The van der Waals surface area contributed by atoms with Crippen molar-refractivity contribution in [3.63, 3.8) is 0 Å². The maximum Gasteiger partial charge on any atom is 0.405 e. The number of nitrogens with one attached hydrogen (secondary N) is 1. The molecular weight excluding hydrogens is 259 g/mol. The molecule has 0 aliphatic carbocycles. The second kappa shape index (κ2) is 5.17. The molecule has 4 nitrogen and oxygen atoms in total. The lowest BCUT2D eigenvalue weighted by Gasteiger charge is -2.06. The van der Waals surface area contributed by atoms with Crippen molar-refractivity contribution >= 4 is 23.2 Å². The molecule has 1 aromatic rings. The number of thiophene rings is 1. The third-order valence-electron chi connectivity index (χ3n) is 1.67. The van der Waals surface area contributed by atoms with Gasteiger partial charge in [0.15, 0.2) is 0 Å². The van der Waals surface area contributed by atoms with Gasteiger partial charge in [-0.2, -0.15) is 13.2 Å². The zero-order chi connectivity index (χ0) is 13.1. The van der Waals surface area contributed by atoms with E-state index < -0.39 is 24.6 Å². The number of esters is 1. The summed E-state index contributed by atoms with van der Waals surface area (Å²) in [7, 11) is 1.17. The predicted octanol–water partition coefficient (Wildman–Crippen LogP) is 1.83. The van der Waals surface area contributed by atoms with Crippen molar-refractivity contribution in [1.29, 1.82) is 0 Å². The summed E-state index contributed by atoms with van der Waals surface area (Å²) in [5.74, 6) is -1.51. The fourth-order valence-electron chi connectivity index (χ4n) is 0.938. The molecular formula is C9H8F3NO3S. The SMILES string of the molecule is COC(=O)c1ccc(C(=O)NCC(F)(F)F)s1. The zero-order valence-electron chi connectivity index (χ0n) is 8.63. The molecule has 0 radical (unpaired) electrons. The van der Waals surface area contributed by atoms with Crippen LogP contribution in [0.15, 0.2) is 12.1 Å². The molecule has 1 aromatic heterocycles. The molecule has 0 aliphatic heterocycles. The van der Waals surface area contributed by atoms with E-state index in [0.29, 0.717) is 0 Å². The Morgan fingerprint density at radius 2 is 1.94 bits per heavy atom. The van der Waals surface area contributed by atoms with E-state index in [9.17, 15) is 22.8 Å². The highest BCUT2D eigenvalue weighted by atomic mass is 32.1. The molecule has 94 valence electrons. The highest BCUT2D eigenvalue weighted by molar-refractivity contribution is 7.15. The van der Waals surface area contributed by atoms with Crippen molar-refractivity contribution in [3.05, 3.63) is 21.9 Å². The van der Waals surface area contributed by atoms with Gasteiger partial charge in [-0.3, -0.25) is 4.79 Å². The third kappa shape index (κ3) is 4.06. The summed E-state index contributed by atoms with van der Waals surface area (Å²) in [5.41, 5.74) is 0. The van der Waals surface area contributed by atoms with Crippen LogP contribution in [0, 0.1) is 0 Å². The number of alkyl halides is 3. The predicted molar refractivity (Wildman–Crippen MR) is 54.0 cm³/mol. The van der Waals surface area contributed by atoms with Crippen LogP contribution in [0.4, 0.5) is 13.2 Å². The highest BCUT2D eigenvalue weighted by Gasteiger charge is 2.28. The lowest BCUT2D eigenvalue weighted by atomic mass is 10.4. The molecule has 0 saturated carbocycles. The minimum Gasteiger partial charge on any atom is -0.465 e. The number of hydrogen-bond acceptors (Lipinski definition) is 4. The van der Waals surface area contributed by atoms with Crippen molar-refractivity contribution in [1.82, 2.24) is 5.32 Å². The lowest BCUT2D eigenvalue weighted by molar-refractivity contribution is -0.123. The van der Waals surface area contributed by atoms with Gasteiger partial charge in [0.2, 0.25) is 0 Å². The van der Waals surface area contributed by atoms with Crippen molar-refractivity contribution in [2.24, 2.45) is 0 Å². The fraction of sp³-hybridized carbons (Fsp3) is 0.333. The summed E-state index contributed by atoms with van der Waals surface area (Å²) in [6.45, 7) is -1.41. The summed E-state index contributed by atoms with van der Waals surface area (Å²) in [4.78, 5) is 22.5. The van der Waals surface area contributed by atoms with Crippen LogP contribution in [0.25, 0.3) is 0 Å². The molecule has 0 atom stereocenters. The Hall–Kier alpha value is -1.57. The molecule has 1 heterocycles. The van der Waals surface area contributed by atoms with E-state index in [2.05, 4.69) is 4.74 Å². The average Bonchev–Trinajstić information content (AvgIpc) is 2.73. The molecule has 1 N–H and O–H groups in total. The smallest absolute Gasteiger partial charge is 0.405 e. The van der Waals surface area contributed by atoms with Crippen LogP contribution in [-0.4, -0.2) is 31.7 Å². The monoisotopic (exact) mass is 267 g/mol. The van der Waals surface area contributed by atoms with Gasteiger partial charge in [0.25, 0.3) is 5.91 Å². The first-order valence-electron chi connectivity index (χ1n) is 4.36. The molecule has 0 unspecified atom stereocenters. The molecule has 0 bridgehead atoms. The van der Waals surface area contributed by atoms with Crippen LogP contribution in [0.2, 0.25) is 0 Å². The first-order chi connectivity index (χ1) is 7.83. The van der Waals surface area contributed by atoms with Crippen LogP contribution in [0.5, 0.6) is 0 Å². The van der Waals surface area contributed by atoms with Crippen molar-refractivity contribution in [2.45, 2.75) is 6.18 Å². The van der Waals surface area contributed by atoms with Crippen LogP contribution < -0.4 is 5.32 Å². The number of carbonyl (C=O) groups is 2. The topological polar surface area (TPSA) is 55.4 Å². The molecule has 8 heteroatoms. The Kier molecular flexibility index (Phi) is 4.11. The summed E-state index contributed by atoms with van der Waals surface area (Å²) in [6.07, 6.45) is -4.46. The molecule has 0 spiro atoms. The summed E-state index contributed by atoms with van der Waals surface area (Å²) in [6, 6.07) is 2.58. The van der Waals surface area contributed by atoms with Gasteiger partial charge in [-0.15, -0.1) is 11.3 Å². The van der Waals surface area contributed by atoms with Gasteiger partial charge < -0.3 is 10.1 Å². The van der Waals surface area contributed by atoms with Crippen LogP contribution in [0.1, 0.15) is 19.3 Å². The summed E-state index contributed by atoms with van der Waals surface area (Å²) >= 11 is 0.770. The van der Waals surface area contributed by atoms with E-state index in [1.807, 2.05) is 0 Å². The molecule has 0 aliphatic rings. The maximum absolute atomic E-state index is 11.8. The molecule has 0 fully saturated rings. The number of rotatable bonds is 3. The summed E-state index contributed by atoms with van der Waals surface area (Å²) < 4.78 is 39.9. The van der Waals surface area contributed by atoms with Crippen LogP contribution in [-0.2, 0) is 4.74 Å². The van der Waals surface area contributed by atoms with Crippen LogP contribution in [0.3, 0.4) is 0 Å². The van der Waals surface area contributed by atoms with E-state index >= 15 is 0 Å². The molecule has 1 amide bonds. The summed E-state index contributed by atoms with van der Waals surface area (Å²) in [5, 5.41) is 1.70. The number of methoxy groups -OCH3 is 1. The van der Waals surface area contributed by atoms with Crippen molar-refractivity contribution < 1.29 is 27.5 Å². The molecule has 0 saturated heterocycles. The third-order valence-corrected chi connectivity index (χ3v) is 2.73. The van der Waals surface area contributed by atoms with Gasteiger partial charge in [0.05, 0.1) is 12.0 Å². The lowest BCUT2D eigenvalue weighted by Crippen LogP contribution is -2.33. The van der Waals surface area contributed by atoms with Crippen LogP contribution >= 0.6 is 11.3 Å². The Morgan fingerprint density at radius 1 is 1.35 bits per heavy atom. The first kappa shape index (κ1) is 13.5. The van der Waals surface area contributed by atoms with Crippen molar-refractivity contribution in [2.75, 3.05) is 13.7 Å². The number of ether oxygens (including phenoxy) is 1. The van der Waals surface area contributed by atoms with E-state index in [-0.39, 0.29) is 9.75 Å². The normalized spacial score (nSPS) is 11.1. The maximum atomic E-state index is 11.8. The molecule has 17 heavy (non-hydrogen) atoms. The minimum atomic E-state index is -4.46. The van der Waals surface area contributed by atoms with Gasteiger partial charge >= 0.3 is 12.1 Å². The Morgan fingerprint density at radius 3 is 2.47 bits per heavy atom. The zero-order valence-corrected chi connectivity index (χ0v) is 9.45. The quantitative estimate of drug-likeness (QED) is 0.850. The van der Waals surface area contributed by atoms with Gasteiger partial charge in [0.1, 0.15) is 11.4 Å². The van der Waals surface area contributed by atoms with E-state index in [1.165, 1.54) is 19.2 Å².